The fourth-order valence-electron chi connectivity index (χ4n) is 2.86. The third kappa shape index (κ3) is 4.49. The maximum atomic E-state index is 12.6. The van der Waals surface area contributed by atoms with Crippen molar-refractivity contribution < 1.29 is 23.0 Å². The van der Waals surface area contributed by atoms with Crippen LogP contribution in [0, 0.1) is 0 Å². The van der Waals surface area contributed by atoms with E-state index in [0.717, 1.165) is 23.7 Å². The number of hydrogen-bond donors (Lipinski definition) is 2. The molecule has 1 atom stereocenters. The van der Waals surface area contributed by atoms with E-state index in [4.69, 9.17) is 4.74 Å². The number of hydrogen-bond acceptors (Lipinski definition) is 5. The fourth-order valence-corrected chi connectivity index (χ4v) is 2.86. The Bertz CT molecular complexity index is 706. The molecular formula is C18H22F3N3O2. The van der Waals surface area contributed by atoms with Crippen molar-refractivity contribution in [1.82, 2.24) is 15.2 Å². The van der Waals surface area contributed by atoms with Gasteiger partial charge < -0.3 is 20.1 Å². The van der Waals surface area contributed by atoms with E-state index < -0.39 is 17.5 Å². The van der Waals surface area contributed by atoms with Crippen molar-refractivity contribution in [1.29, 1.82) is 0 Å². The predicted molar refractivity (Wildman–Crippen MR) is 90.1 cm³/mol. The Morgan fingerprint density at radius 1 is 1.35 bits per heavy atom. The number of nitrogens with one attached hydrogen (secondary N) is 1. The van der Waals surface area contributed by atoms with Gasteiger partial charge in [-0.25, -0.2) is 4.98 Å². The zero-order valence-corrected chi connectivity index (χ0v) is 14.7. The molecule has 8 heteroatoms. The van der Waals surface area contributed by atoms with Crippen LogP contribution in [-0.2, 0) is 6.18 Å². The molecule has 1 fully saturated rings. The van der Waals surface area contributed by atoms with E-state index in [9.17, 15) is 18.3 Å². The Balaban J connectivity index is 1.66. The van der Waals surface area contributed by atoms with Gasteiger partial charge in [0.05, 0.1) is 29.9 Å². The first-order chi connectivity index (χ1) is 12.1. The van der Waals surface area contributed by atoms with Gasteiger partial charge in [-0.15, -0.1) is 0 Å². The maximum absolute atomic E-state index is 12.6. The lowest BCUT2D eigenvalue weighted by Gasteiger charge is -2.26. The van der Waals surface area contributed by atoms with Crippen LogP contribution in [0.1, 0.15) is 32.4 Å². The number of ether oxygens (including phenoxy) is 1. The number of aliphatic hydroxyl groups is 1. The molecule has 0 bridgehead atoms. The molecule has 0 aromatic carbocycles. The monoisotopic (exact) mass is 369 g/mol. The summed E-state index contributed by atoms with van der Waals surface area (Å²) < 4.78 is 43.5. The molecule has 2 heterocycles. The largest absolute Gasteiger partial charge is 0.484 e. The molecule has 0 radical (unpaired) electrons. The summed E-state index contributed by atoms with van der Waals surface area (Å²) in [6, 6.07) is 2.20. The number of alkyl halides is 3. The lowest BCUT2D eigenvalue weighted by molar-refractivity contribution is -0.141. The smallest absolute Gasteiger partial charge is 0.433 e. The van der Waals surface area contributed by atoms with Gasteiger partial charge in [0.25, 0.3) is 0 Å². The van der Waals surface area contributed by atoms with Crippen molar-refractivity contribution in [2.45, 2.75) is 44.6 Å². The normalized spacial score (nSPS) is 20.2. The Hall–Kier alpha value is -2.22. The third-order valence-corrected chi connectivity index (χ3v) is 4.28. The SMILES string of the molecule is CC(C)(O)CCN1CNC2=CCC(Oc3ccc(C(F)(F)F)nc3)C=C21. The second kappa shape index (κ2) is 6.83. The first kappa shape index (κ1) is 18.6. The van der Waals surface area contributed by atoms with Crippen LogP contribution in [0.15, 0.2) is 41.9 Å². The van der Waals surface area contributed by atoms with Crippen LogP contribution in [0.3, 0.4) is 0 Å². The molecule has 1 unspecified atom stereocenters. The molecule has 1 aromatic heterocycles. The number of fused-ring (bicyclic) bond motifs is 1. The highest BCUT2D eigenvalue weighted by Crippen LogP contribution is 2.30. The van der Waals surface area contributed by atoms with E-state index >= 15 is 0 Å². The van der Waals surface area contributed by atoms with E-state index in [2.05, 4.69) is 15.2 Å². The number of halogens is 3. The van der Waals surface area contributed by atoms with Crippen LogP contribution in [-0.4, -0.2) is 39.9 Å². The topological polar surface area (TPSA) is 57.6 Å². The van der Waals surface area contributed by atoms with Crippen molar-refractivity contribution in [2.24, 2.45) is 0 Å². The fraction of sp³-hybridized carbons (Fsp3) is 0.500. The Morgan fingerprint density at radius 3 is 2.73 bits per heavy atom. The highest BCUT2D eigenvalue weighted by molar-refractivity contribution is 5.37. The number of aromatic nitrogens is 1. The summed E-state index contributed by atoms with van der Waals surface area (Å²) in [7, 11) is 0. The van der Waals surface area contributed by atoms with Gasteiger partial charge in [-0.05, 0) is 38.5 Å². The van der Waals surface area contributed by atoms with Crippen molar-refractivity contribution in [3.63, 3.8) is 0 Å². The molecule has 0 spiro atoms. The van der Waals surface area contributed by atoms with Crippen LogP contribution in [0.5, 0.6) is 5.75 Å². The molecular weight excluding hydrogens is 347 g/mol. The molecule has 0 amide bonds. The summed E-state index contributed by atoms with van der Waals surface area (Å²) in [5.41, 5.74) is 0.326. The molecule has 1 aliphatic heterocycles. The second-order valence-corrected chi connectivity index (χ2v) is 7.10. The third-order valence-electron chi connectivity index (χ3n) is 4.28. The average molecular weight is 369 g/mol. The molecule has 3 rings (SSSR count). The van der Waals surface area contributed by atoms with Crippen molar-refractivity contribution in [3.05, 3.63) is 47.6 Å². The van der Waals surface area contributed by atoms with Gasteiger partial charge >= 0.3 is 6.18 Å². The molecule has 1 aliphatic carbocycles. The Kier molecular flexibility index (Phi) is 4.88. The summed E-state index contributed by atoms with van der Waals surface area (Å²) in [6.45, 7) is 4.88. The number of nitrogens with zero attached hydrogens (tertiary/aromatic N) is 2. The number of pyridine rings is 1. The molecule has 2 aliphatic rings. The minimum Gasteiger partial charge on any atom is -0.484 e. The zero-order chi connectivity index (χ0) is 18.9. The average Bonchev–Trinajstić information content (AvgIpc) is 2.94. The first-order valence-electron chi connectivity index (χ1n) is 8.45. The van der Waals surface area contributed by atoms with Crippen LogP contribution >= 0.6 is 0 Å². The summed E-state index contributed by atoms with van der Waals surface area (Å²) in [6.07, 6.45) is 1.56. The van der Waals surface area contributed by atoms with Gasteiger partial charge in [0.15, 0.2) is 0 Å². The summed E-state index contributed by atoms with van der Waals surface area (Å²) in [5.74, 6) is 0.297. The lowest BCUT2D eigenvalue weighted by atomic mass is 10.0. The molecule has 0 saturated carbocycles. The van der Waals surface area contributed by atoms with E-state index in [1.54, 1.807) is 13.8 Å². The second-order valence-electron chi connectivity index (χ2n) is 7.10. The standard InChI is InChI=1S/C18H22F3N3O2/c1-17(2,25)7-8-24-11-23-14-5-3-12(9-15(14)24)26-13-4-6-16(22-10-13)18(19,20)21/h4-6,9-10,12,23,25H,3,7-8,11H2,1-2H3. The number of rotatable bonds is 5. The van der Waals surface area contributed by atoms with E-state index in [1.807, 2.05) is 12.2 Å². The van der Waals surface area contributed by atoms with E-state index in [0.29, 0.717) is 31.8 Å². The zero-order valence-electron chi connectivity index (χ0n) is 14.7. The van der Waals surface area contributed by atoms with E-state index in [1.165, 1.54) is 6.07 Å². The quantitative estimate of drug-likeness (QED) is 0.836. The van der Waals surface area contributed by atoms with Gasteiger partial charge in [-0.3, -0.25) is 0 Å². The van der Waals surface area contributed by atoms with Gasteiger partial charge in [0.1, 0.15) is 17.5 Å². The minimum atomic E-state index is -4.46. The van der Waals surface area contributed by atoms with Crippen molar-refractivity contribution >= 4 is 0 Å². The van der Waals surface area contributed by atoms with Gasteiger partial charge in [0.2, 0.25) is 0 Å². The lowest BCUT2D eigenvalue weighted by Crippen LogP contribution is -2.30. The van der Waals surface area contributed by atoms with Crippen LogP contribution < -0.4 is 10.1 Å². The van der Waals surface area contributed by atoms with Crippen LogP contribution in [0.4, 0.5) is 13.2 Å². The maximum Gasteiger partial charge on any atom is 0.433 e. The van der Waals surface area contributed by atoms with Crippen molar-refractivity contribution in [2.75, 3.05) is 13.2 Å². The van der Waals surface area contributed by atoms with E-state index in [-0.39, 0.29) is 6.10 Å². The molecule has 1 saturated heterocycles. The minimum absolute atomic E-state index is 0.281. The first-order valence-corrected chi connectivity index (χ1v) is 8.45. The molecule has 26 heavy (non-hydrogen) atoms. The Morgan fingerprint density at radius 2 is 2.12 bits per heavy atom. The molecule has 2 N–H and O–H groups in total. The predicted octanol–water partition coefficient (Wildman–Crippen LogP) is 3.04. The molecule has 5 nitrogen and oxygen atoms in total. The van der Waals surface area contributed by atoms with Gasteiger partial charge in [-0.2, -0.15) is 13.2 Å². The highest BCUT2D eigenvalue weighted by Gasteiger charge is 2.32. The van der Waals surface area contributed by atoms with Crippen molar-refractivity contribution in [3.8, 4) is 5.75 Å². The van der Waals surface area contributed by atoms with Crippen LogP contribution in [0.25, 0.3) is 0 Å². The summed E-state index contributed by atoms with van der Waals surface area (Å²) in [4.78, 5) is 5.53. The molecule has 1 aromatic rings. The Labute approximate surface area is 150 Å². The van der Waals surface area contributed by atoms with Gasteiger partial charge in [0, 0.05) is 13.0 Å². The molecule has 142 valence electrons. The van der Waals surface area contributed by atoms with Crippen LogP contribution in [0.2, 0.25) is 0 Å². The summed E-state index contributed by atoms with van der Waals surface area (Å²) >= 11 is 0. The van der Waals surface area contributed by atoms with Gasteiger partial charge in [-0.1, -0.05) is 6.08 Å². The highest BCUT2D eigenvalue weighted by atomic mass is 19.4. The summed E-state index contributed by atoms with van der Waals surface area (Å²) in [5, 5.41) is 13.2.